The molecule has 1 atom stereocenters. The molecule has 0 aromatic rings. The van der Waals surface area contributed by atoms with E-state index in [0.717, 1.165) is 0 Å². The predicted molar refractivity (Wildman–Crippen MR) is 74.8 cm³/mol. The van der Waals surface area contributed by atoms with Crippen LogP contribution in [0.5, 0.6) is 0 Å². The average Bonchev–Trinajstić information content (AvgIpc) is 2.66. The Morgan fingerprint density at radius 2 is 1.50 bits per heavy atom. The molecule has 1 heterocycles. The fourth-order valence-electron chi connectivity index (χ4n) is 1.47. The molecule has 1 rings (SSSR count). The van der Waals surface area contributed by atoms with E-state index in [-0.39, 0.29) is 13.0 Å². The second kappa shape index (κ2) is 6.51. The molecule has 0 aromatic carbocycles. The molecule has 0 saturated carbocycles. The summed E-state index contributed by atoms with van der Waals surface area (Å²) in [6.45, 7) is 10.0. The third-order valence-corrected chi connectivity index (χ3v) is 2.24. The standard InChI is InChI=1S/C14H23NO7/c1-13(2,3)20-11(17)15(12(18)21-14(4,5)6)22-9-7-8-19-10(9)16/h9H,7-8H2,1-6H3. The largest absolute Gasteiger partial charge is 0.464 e. The summed E-state index contributed by atoms with van der Waals surface area (Å²) in [5.41, 5.74) is -1.67. The number of cyclic esters (lactones) is 1. The van der Waals surface area contributed by atoms with Gasteiger partial charge in [0.25, 0.3) is 0 Å². The van der Waals surface area contributed by atoms with Crippen molar-refractivity contribution < 1.29 is 33.4 Å². The third-order valence-electron chi connectivity index (χ3n) is 2.24. The van der Waals surface area contributed by atoms with Crippen LogP contribution >= 0.6 is 0 Å². The normalized spacial score (nSPS) is 18.6. The van der Waals surface area contributed by atoms with Gasteiger partial charge in [-0.2, -0.15) is 0 Å². The molecule has 1 saturated heterocycles. The molecule has 8 nitrogen and oxygen atoms in total. The van der Waals surface area contributed by atoms with Gasteiger partial charge in [0.1, 0.15) is 11.2 Å². The Balaban J connectivity index is 2.86. The molecule has 0 spiro atoms. The van der Waals surface area contributed by atoms with Crippen molar-refractivity contribution in [3.63, 3.8) is 0 Å². The average molecular weight is 317 g/mol. The number of hydrogen-bond donors (Lipinski definition) is 0. The first kappa shape index (κ1) is 18.2. The minimum absolute atomic E-state index is 0.167. The molecule has 1 unspecified atom stereocenters. The highest BCUT2D eigenvalue weighted by Crippen LogP contribution is 2.18. The van der Waals surface area contributed by atoms with E-state index >= 15 is 0 Å². The van der Waals surface area contributed by atoms with Crippen LogP contribution in [0.2, 0.25) is 0 Å². The van der Waals surface area contributed by atoms with Gasteiger partial charge >= 0.3 is 18.2 Å². The van der Waals surface area contributed by atoms with Crippen LogP contribution < -0.4 is 0 Å². The first-order chi connectivity index (χ1) is 9.89. The van der Waals surface area contributed by atoms with Gasteiger partial charge in [-0.15, -0.1) is 0 Å². The first-order valence-corrected chi connectivity index (χ1v) is 6.98. The first-order valence-electron chi connectivity index (χ1n) is 6.98. The topological polar surface area (TPSA) is 91.4 Å². The Morgan fingerprint density at radius 3 is 1.82 bits per heavy atom. The van der Waals surface area contributed by atoms with Gasteiger partial charge < -0.3 is 14.2 Å². The second-order valence-corrected chi connectivity index (χ2v) is 6.81. The van der Waals surface area contributed by atoms with Crippen LogP contribution in [-0.2, 0) is 23.8 Å². The van der Waals surface area contributed by atoms with E-state index < -0.39 is 35.5 Å². The number of amides is 2. The number of hydroxylamine groups is 2. The molecule has 126 valence electrons. The molecule has 8 heteroatoms. The van der Waals surface area contributed by atoms with Crippen LogP contribution in [0.15, 0.2) is 0 Å². The van der Waals surface area contributed by atoms with Crippen LogP contribution in [0.1, 0.15) is 48.0 Å². The van der Waals surface area contributed by atoms with Crippen LogP contribution in [0.3, 0.4) is 0 Å². The van der Waals surface area contributed by atoms with Crippen molar-refractivity contribution in [2.24, 2.45) is 0 Å². The molecule has 0 radical (unpaired) electrons. The summed E-state index contributed by atoms with van der Waals surface area (Å²) in [6.07, 6.45) is -2.91. The van der Waals surface area contributed by atoms with E-state index in [1.165, 1.54) is 0 Å². The van der Waals surface area contributed by atoms with Crippen molar-refractivity contribution in [2.45, 2.75) is 65.3 Å². The lowest BCUT2D eigenvalue weighted by Crippen LogP contribution is -2.46. The smallest absolute Gasteiger partial charge is 0.444 e. The fourth-order valence-corrected chi connectivity index (χ4v) is 1.47. The number of carbonyl (C=O) groups excluding carboxylic acids is 3. The summed E-state index contributed by atoms with van der Waals surface area (Å²) in [5.74, 6) is -0.642. The van der Waals surface area contributed by atoms with Crippen LogP contribution in [0, 0.1) is 0 Å². The molecule has 22 heavy (non-hydrogen) atoms. The Bertz CT molecular complexity index is 419. The maximum absolute atomic E-state index is 12.1. The van der Waals surface area contributed by atoms with Gasteiger partial charge in [0, 0.05) is 6.42 Å². The van der Waals surface area contributed by atoms with Gasteiger partial charge in [-0.3, -0.25) is 0 Å². The number of ether oxygens (including phenoxy) is 3. The molecular weight excluding hydrogens is 294 g/mol. The molecular formula is C14H23NO7. The Morgan fingerprint density at radius 1 is 1.05 bits per heavy atom. The highest BCUT2D eigenvalue weighted by atomic mass is 16.8. The second-order valence-electron chi connectivity index (χ2n) is 6.81. The summed E-state index contributed by atoms with van der Waals surface area (Å²) in [6, 6.07) is 0. The van der Waals surface area contributed by atoms with Crippen molar-refractivity contribution >= 4 is 18.2 Å². The zero-order valence-corrected chi connectivity index (χ0v) is 13.8. The SMILES string of the molecule is CC(C)(C)OC(=O)N(OC1CCOC1=O)C(=O)OC(C)(C)C. The molecule has 1 aliphatic heterocycles. The summed E-state index contributed by atoms with van der Waals surface area (Å²) in [4.78, 5) is 40.8. The number of rotatable bonds is 2. The van der Waals surface area contributed by atoms with Crippen LogP contribution in [-0.4, -0.2) is 47.1 Å². The third kappa shape index (κ3) is 5.88. The van der Waals surface area contributed by atoms with Gasteiger partial charge in [-0.1, -0.05) is 5.06 Å². The van der Waals surface area contributed by atoms with E-state index in [9.17, 15) is 14.4 Å². The Kier molecular flexibility index (Phi) is 5.39. The maximum Gasteiger partial charge on any atom is 0.444 e. The zero-order valence-electron chi connectivity index (χ0n) is 13.8. The molecule has 0 aromatic heterocycles. The summed E-state index contributed by atoms with van der Waals surface area (Å²) in [7, 11) is 0. The Labute approximate surface area is 129 Å². The predicted octanol–water partition coefficient (Wildman–Crippen LogP) is 2.41. The highest BCUT2D eigenvalue weighted by molar-refractivity contribution is 5.87. The van der Waals surface area contributed by atoms with E-state index in [1.807, 2.05) is 0 Å². The van der Waals surface area contributed by atoms with Crippen molar-refractivity contribution in [1.82, 2.24) is 5.06 Å². The summed E-state index contributed by atoms with van der Waals surface area (Å²) >= 11 is 0. The molecule has 2 amide bonds. The number of imide groups is 1. The Hall–Kier alpha value is -1.83. The molecule has 0 N–H and O–H groups in total. The number of carbonyl (C=O) groups is 3. The van der Waals surface area contributed by atoms with Gasteiger partial charge in [-0.05, 0) is 41.5 Å². The quantitative estimate of drug-likeness (QED) is 0.438. The van der Waals surface area contributed by atoms with E-state index in [2.05, 4.69) is 0 Å². The molecule has 0 aliphatic carbocycles. The van der Waals surface area contributed by atoms with E-state index in [1.54, 1.807) is 41.5 Å². The van der Waals surface area contributed by atoms with Crippen LogP contribution in [0.4, 0.5) is 9.59 Å². The van der Waals surface area contributed by atoms with Gasteiger partial charge in [0.15, 0.2) is 6.10 Å². The number of nitrogens with zero attached hydrogens (tertiary/aromatic N) is 1. The minimum atomic E-state index is -1.05. The van der Waals surface area contributed by atoms with Crippen molar-refractivity contribution in [1.29, 1.82) is 0 Å². The number of hydrogen-bond acceptors (Lipinski definition) is 7. The lowest BCUT2D eigenvalue weighted by atomic mass is 10.2. The summed E-state index contributed by atoms with van der Waals surface area (Å²) < 4.78 is 14.9. The summed E-state index contributed by atoms with van der Waals surface area (Å²) in [5, 5.41) is 0.327. The fraction of sp³-hybridized carbons (Fsp3) is 0.786. The van der Waals surface area contributed by atoms with Crippen molar-refractivity contribution in [3.8, 4) is 0 Å². The van der Waals surface area contributed by atoms with Crippen LogP contribution in [0.25, 0.3) is 0 Å². The van der Waals surface area contributed by atoms with Crippen molar-refractivity contribution in [2.75, 3.05) is 6.61 Å². The van der Waals surface area contributed by atoms with E-state index in [4.69, 9.17) is 19.0 Å². The van der Waals surface area contributed by atoms with Gasteiger partial charge in [0.05, 0.1) is 6.61 Å². The van der Waals surface area contributed by atoms with E-state index in [0.29, 0.717) is 5.06 Å². The highest BCUT2D eigenvalue weighted by Gasteiger charge is 2.38. The molecule has 0 bridgehead atoms. The molecule has 1 aliphatic rings. The lowest BCUT2D eigenvalue weighted by Gasteiger charge is -2.28. The number of esters is 1. The molecule has 1 fully saturated rings. The van der Waals surface area contributed by atoms with Crippen molar-refractivity contribution in [3.05, 3.63) is 0 Å². The monoisotopic (exact) mass is 317 g/mol. The minimum Gasteiger partial charge on any atom is -0.464 e. The lowest BCUT2D eigenvalue weighted by molar-refractivity contribution is -0.181. The van der Waals surface area contributed by atoms with Gasteiger partial charge in [-0.25, -0.2) is 19.2 Å². The zero-order chi connectivity index (χ0) is 17.1. The maximum atomic E-state index is 12.1. The van der Waals surface area contributed by atoms with Gasteiger partial charge in [0.2, 0.25) is 0 Å².